The van der Waals surface area contributed by atoms with Gasteiger partial charge in [-0.1, -0.05) is 27.5 Å². The van der Waals surface area contributed by atoms with Crippen LogP contribution in [-0.2, 0) is 0 Å². The molecule has 144 valence electrons. The Morgan fingerprint density at radius 2 is 2.07 bits per heavy atom. The maximum Gasteiger partial charge on any atom is 0.274 e. The van der Waals surface area contributed by atoms with Crippen LogP contribution < -0.4 is 15.8 Å². The number of benzene rings is 1. The molecule has 0 fully saturated rings. The molecule has 28 heavy (non-hydrogen) atoms. The minimum atomic E-state index is -0.668. The molecule has 0 saturated carbocycles. The molecule has 0 radical (unpaired) electrons. The number of carbonyl (C=O) groups is 2. The molecule has 0 saturated heterocycles. The van der Waals surface area contributed by atoms with Crippen molar-refractivity contribution in [2.75, 3.05) is 12.4 Å². The van der Waals surface area contributed by atoms with Gasteiger partial charge in [-0.2, -0.15) is 0 Å². The van der Waals surface area contributed by atoms with E-state index in [1.807, 2.05) is 0 Å². The molecule has 10 heteroatoms. The Hall–Kier alpha value is -2.91. The van der Waals surface area contributed by atoms with Gasteiger partial charge in [0, 0.05) is 16.7 Å². The lowest BCUT2D eigenvalue weighted by Crippen LogP contribution is -2.21. The highest BCUT2D eigenvalue weighted by atomic mass is 79.9. The molecule has 0 aliphatic carbocycles. The van der Waals surface area contributed by atoms with E-state index in [0.29, 0.717) is 20.7 Å². The zero-order valence-electron chi connectivity index (χ0n) is 14.9. The lowest BCUT2D eigenvalue weighted by Gasteiger charge is -2.13. The number of carbonyl (C=O) groups excluding carboxylic acids is 2. The highest BCUT2D eigenvalue weighted by Crippen LogP contribution is 2.27. The van der Waals surface area contributed by atoms with Crippen molar-refractivity contribution in [2.24, 2.45) is 5.73 Å². The molecule has 0 aliphatic heterocycles. The van der Waals surface area contributed by atoms with Gasteiger partial charge in [-0.05, 0) is 36.8 Å². The Morgan fingerprint density at radius 1 is 1.32 bits per heavy atom. The van der Waals surface area contributed by atoms with Gasteiger partial charge in [0.2, 0.25) is 5.88 Å². The molecule has 2 aromatic heterocycles. The number of aryl methyl sites for hydroxylation is 1. The number of ether oxygens (including phenoxy) is 1. The van der Waals surface area contributed by atoms with Gasteiger partial charge in [-0.15, -0.1) is 5.10 Å². The summed E-state index contributed by atoms with van der Waals surface area (Å²) in [5.41, 5.74) is 6.72. The summed E-state index contributed by atoms with van der Waals surface area (Å²) in [6, 6.07) is 8.03. The molecular formula is C18H15BrClN5O3. The van der Waals surface area contributed by atoms with Crippen LogP contribution in [0.25, 0.3) is 5.82 Å². The third-order valence-corrected chi connectivity index (χ3v) is 4.63. The summed E-state index contributed by atoms with van der Waals surface area (Å²) in [6.45, 7) is 1.75. The van der Waals surface area contributed by atoms with Gasteiger partial charge in [0.15, 0.2) is 5.82 Å². The lowest BCUT2D eigenvalue weighted by molar-refractivity contribution is 0.100. The van der Waals surface area contributed by atoms with Crippen LogP contribution in [0.5, 0.6) is 5.88 Å². The number of hydrogen-bond acceptors (Lipinski definition) is 5. The predicted molar refractivity (Wildman–Crippen MR) is 108 cm³/mol. The number of nitrogens with two attached hydrogens (primary N) is 1. The molecule has 1 aromatic carbocycles. The Kier molecular flexibility index (Phi) is 5.66. The van der Waals surface area contributed by atoms with Crippen LogP contribution in [0, 0.1) is 6.92 Å². The molecule has 0 aliphatic rings. The zero-order valence-corrected chi connectivity index (χ0v) is 17.2. The maximum absolute atomic E-state index is 13.0. The molecule has 3 rings (SSSR count). The third kappa shape index (κ3) is 3.85. The largest absolute Gasteiger partial charge is 0.480 e. The Labute approximate surface area is 173 Å². The van der Waals surface area contributed by atoms with Crippen molar-refractivity contribution in [1.82, 2.24) is 14.8 Å². The van der Waals surface area contributed by atoms with Crippen LogP contribution >= 0.6 is 27.5 Å². The van der Waals surface area contributed by atoms with Gasteiger partial charge >= 0.3 is 0 Å². The van der Waals surface area contributed by atoms with E-state index in [4.69, 9.17) is 22.1 Å². The maximum atomic E-state index is 13.0. The van der Waals surface area contributed by atoms with E-state index < -0.39 is 11.8 Å². The number of amides is 2. The standard InChI is InChI=1S/C18H15BrClN5O3/c1-9-6-10(19)7-11(16(21)26)15(9)23-18(27)13-8-14(28-2)24-25(13)17-12(20)4-3-5-22-17/h3-8H,1-2H3,(H2,21,26)(H,23,27). The van der Waals surface area contributed by atoms with E-state index in [-0.39, 0.29) is 23.0 Å². The average molecular weight is 465 g/mol. The molecule has 2 heterocycles. The number of nitrogens with zero attached hydrogens (tertiary/aromatic N) is 3. The number of hydrogen-bond donors (Lipinski definition) is 2. The normalized spacial score (nSPS) is 10.6. The second kappa shape index (κ2) is 7.99. The van der Waals surface area contributed by atoms with Crippen molar-refractivity contribution in [3.05, 3.63) is 62.8 Å². The first-order valence-electron chi connectivity index (χ1n) is 7.98. The number of halogens is 2. The summed E-state index contributed by atoms with van der Waals surface area (Å²) in [5.74, 6) is -0.737. The fourth-order valence-electron chi connectivity index (χ4n) is 2.60. The Bertz CT molecular complexity index is 1080. The van der Waals surface area contributed by atoms with Crippen molar-refractivity contribution >= 4 is 45.0 Å². The summed E-state index contributed by atoms with van der Waals surface area (Å²) in [7, 11) is 1.43. The first-order valence-corrected chi connectivity index (χ1v) is 9.15. The second-order valence-electron chi connectivity index (χ2n) is 5.76. The first-order chi connectivity index (χ1) is 13.3. The van der Waals surface area contributed by atoms with Crippen LogP contribution in [-0.4, -0.2) is 33.7 Å². The van der Waals surface area contributed by atoms with Crippen molar-refractivity contribution < 1.29 is 14.3 Å². The quantitative estimate of drug-likeness (QED) is 0.601. The molecule has 0 unspecified atom stereocenters. The number of rotatable bonds is 5. The summed E-state index contributed by atoms with van der Waals surface area (Å²) in [6.07, 6.45) is 1.53. The minimum absolute atomic E-state index is 0.121. The summed E-state index contributed by atoms with van der Waals surface area (Å²) in [4.78, 5) is 29.0. The van der Waals surface area contributed by atoms with E-state index in [0.717, 1.165) is 0 Å². The van der Waals surface area contributed by atoms with Crippen LogP contribution in [0.4, 0.5) is 5.69 Å². The van der Waals surface area contributed by atoms with E-state index >= 15 is 0 Å². The Balaban J connectivity index is 2.07. The molecule has 8 nitrogen and oxygen atoms in total. The van der Waals surface area contributed by atoms with E-state index in [1.54, 1.807) is 31.2 Å². The monoisotopic (exact) mass is 463 g/mol. The second-order valence-corrected chi connectivity index (χ2v) is 7.08. The SMILES string of the molecule is COc1cc(C(=O)Nc2c(C)cc(Br)cc2C(N)=O)n(-c2ncccc2Cl)n1. The summed E-state index contributed by atoms with van der Waals surface area (Å²) >= 11 is 9.51. The lowest BCUT2D eigenvalue weighted by atomic mass is 10.1. The van der Waals surface area contributed by atoms with Gasteiger partial charge in [-0.3, -0.25) is 9.59 Å². The number of pyridine rings is 1. The third-order valence-electron chi connectivity index (χ3n) is 3.87. The van der Waals surface area contributed by atoms with Gasteiger partial charge in [0.1, 0.15) is 5.69 Å². The predicted octanol–water partition coefficient (Wildman–Crippen LogP) is 3.35. The van der Waals surface area contributed by atoms with Crippen LogP contribution in [0.15, 0.2) is 41.0 Å². The number of nitrogens with one attached hydrogen (secondary N) is 1. The van der Waals surface area contributed by atoms with Crippen molar-refractivity contribution in [3.8, 4) is 11.7 Å². The van der Waals surface area contributed by atoms with Crippen molar-refractivity contribution in [3.63, 3.8) is 0 Å². The fraction of sp³-hybridized carbons (Fsp3) is 0.111. The Morgan fingerprint density at radius 3 is 2.71 bits per heavy atom. The molecule has 0 atom stereocenters. The highest BCUT2D eigenvalue weighted by Gasteiger charge is 2.22. The van der Waals surface area contributed by atoms with Crippen LogP contribution in [0.1, 0.15) is 26.4 Å². The smallest absolute Gasteiger partial charge is 0.274 e. The van der Waals surface area contributed by atoms with E-state index in [9.17, 15) is 9.59 Å². The molecular weight excluding hydrogens is 450 g/mol. The van der Waals surface area contributed by atoms with Gasteiger partial charge in [-0.25, -0.2) is 9.67 Å². The summed E-state index contributed by atoms with van der Waals surface area (Å²) in [5, 5.41) is 7.23. The molecule has 3 N–H and O–H groups in total. The molecule has 2 amide bonds. The number of primary amides is 1. The first kappa shape index (κ1) is 19.8. The highest BCUT2D eigenvalue weighted by molar-refractivity contribution is 9.10. The molecule has 0 spiro atoms. The topological polar surface area (TPSA) is 112 Å². The van der Waals surface area contributed by atoms with Crippen LogP contribution in [0.2, 0.25) is 5.02 Å². The number of aromatic nitrogens is 3. The number of methoxy groups -OCH3 is 1. The molecule has 0 bridgehead atoms. The van der Waals surface area contributed by atoms with Gasteiger partial charge in [0.25, 0.3) is 11.8 Å². The van der Waals surface area contributed by atoms with E-state index in [1.165, 1.54) is 24.1 Å². The van der Waals surface area contributed by atoms with Gasteiger partial charge < -0.3 is 15.8 Å². The molecule has 3 aromatic rings. The zero-order chi connectivity index (χ0) is 20.4. The van der Waals surface area contributed by atoms with Crippen molar-refractivity contribution in [1.29, 1.82) is 0 Å². The summed E-state index contributed by atoms with van der Waals surface area (Å²) < 4.78 is 7.08. The number of anilines is 1. The van der Waals surface area contributed by atoms with Crippen molar-refractivity contribution in [2.45, 2.75) is 6.92 Å². The minimum Gasteiger partial charge on any atom is -0.480 e. The fourth-order valence-corrected chi connectivity index (χ4v) is 3.37. The van der Waals surface area contributed by atoms with E-state index in [2.05, 4.69) is 31.3 Å². The van der Waals surface area contributed by atoms with Crippen LogP contribution in [0.3, 0.4) is 0 Å². The average Bonchev–Trinajstić information content (AvgIpc) is 3.08. The van der Waals surface area contributed by atoms with Gasteiger partial charge in [0.05, 0.1) is 23.4 Å².